The number of nitrogens with one attached hydrogen (secondary N) is 2. The maximum absolute atomic E-state index is 13.1. The largest absolute Gasteiger partial charge is 0.370 e. The lowest BCUT2D eigenvalue weighted by atomic mass is 10.1. The van der Waals surface area contributed by atoms with E-state index in [2.05, 4.69) is 43.5 Å². The molecule has 0 aromatic carbocycles. The summed E-state index contributed by atoms with van der Waals surface area (Å²) >= 11 is 0. The van der Waals surface area contributed by atoms with Gasteiger partial charge >= 0.3 is 0 Å². The number of amides is 1. The number of nitrogens with two attached hydrogens (primary N) is 1. The van der Waals surface area contributed by atoms with Gasteiger partial charge in [0, 0.05) is 13.1 Å². The molecule has 264 valence electrons. The molecule has 4 N–H and O–H groups in total. The molecule has 0 spiro atoms. The lowest BCUT2D eigenvalue weighted by Gasteiger charge is -2.26. The zero-order chi connectivity index (χ0) is 33.1. The van der Waals surface area contributed by atoms with E-state index in [1.807, 2.05) is 11.8 Å². The van der Waals surface area contributed by atoms with E-state index in [1.165, 1.54) is 167 Å². The summed E-state index contributed by atoms with van der Waals surface area (Å²) in [5, 5.41) is 10.3. The first-order chi connectivity index (χ1) is 22.0. The summed E-state index contributed by atoms with van der Waals surface area (Å²) < 4.78 is 0. The van der Waals surface area contributed by atoms with Gasteiger partial charge in [-0.1, -0.05) is 154 Å². The van der Waals surface area contributed by atoms with Crippen LogP contribution < -0.4 is 11.1 Å². The van der Waals surface area contributed by atoms with E-state index in [0.717, 1.165) is 25.9 Å². The van der Waals surface area contributed by atoms with Gasteiger partial charge in [0.2, 0.25) is 5.91 Å². The summed E-state index contributed by atoms with van der Waals surface area (Å²) in [5.41, 5.74) is 5.50. The van der Waals surface area contributed by atoms with Gasteiger partial charge in [-0.25, -0.2) is 0 Å². The second-order valence-corrected chi connectivity index (χ2v) is 13.5. The Kier molecular flexibility index (Phi) is 33.7. The number of allylic oxidation sites excluding steroid dienone is 4. The van der Waals surface area contributed by atoms with Crippen molar-refractivity contribution in [2.24, 2.45) is 5.73 Å². The number of hydrogen-bond donors (Lipinski definition) is 3. The molecule has 0 aromatic rings. The molecule has 5 heteroatoms. The van der Waals surface area contributed by atoms with E-state index in [9.17, 15) is 4.79 Å². The Morgan fingerprint density at radius 1 is 0.556 bits per heavy atom. The van der Waals surface area contributed by atoms with Crippen LogP contribution in [-0.2, 0) is 4.79 Å². The maximum atomic E-state index is 13.1. The molecule has 0 fully saturated rings. The van der Waals surface area contributed by atoms with Crippen molar-refractivity contribution in [2.75, 3.05) is 13.1 Å². The van der Waals surface area contributed by atoms with Crippen LogP contribution in [0.2, 0.25) is 0 Å². The SMILES string of the molecule is CCCCCCCCC=CCCCCCCCCN(CCCCCCCCC=CCCCCCCCC)C(=O)C(C)NC(=N)N. The number of rotatable bonds is 34. The van der Waals surface area contributed by atoms with Crippen molar-refractivity contribution in [1.29, 1.82) is 5.41 Å². The number of guanidine groups is 1. The van der Waals surface area contributed by atoms with E-state index < -0.39 is 6.04 Å². The minimum atomic E-state index is -0.439. The predicted molar refractivity (Wildman–Crippen MR) is 200 cm³/mol. The molecule has 0 rings (SSSR count). The van der Waals surface area contributed by atoms with Crippen LogP contribution in [0.4, 0.5) is 0 Å². The van der Waals surface area contributed by atoms with Gasteiger partial charge < -0.3 is 16.0 Å². The Hall–Kier alpha value is -1.78. The average Bonchev–Trinajstić information content (AvgIpc) is 3.02. The van der Waals surface area contributed by atoms with Gasteiger partial charge in [0.15, 0.2) is 5.96 Å². The zero-order valence-electron chi connectivity index (χ0n) is 30.5. The quantitative estimate of drug-likeness (QED) is 0.0286. The first-order valence-corrected chi connectivity index (χ1v) is 19.7. The fraction of sp³-hybridized carbons (Fsp3) is 0.850. The Balaban J connectivity index is 3.97. The fourth-order valence-corrected chi connectivity index (χ4v) is 6.00. The van der Waals surface area contributed by atoms with E-state index in [-0.39, 0.29) is 11.9 Å². The van der Waals surface area contributed by atoms with E-state index in [1.54, 1.807) is 0 Å². The van der Waals surface area contributed by atoms with Crippen LogP contribution in [0.15, 0.2) is 24.3 Å². The molecule has 1 amide bonds. The number of unbranched alkanes of at least 4 members (excludes halogenated alkanes) is 24. The molecule has 0 saturated carbocycles. The summed E-state index contributed by atoms with van der Waals surface area (Å²) in [6, 6.07) is -0.439. The molecule has 0 heterocycles. The van der Waals surface area contributed by atoms with Crippen molar-refractivity contribution in [3.05, 3.63) is 24.3 Å². The van der Waals surface area contributed by atoms with Crippen molar-refractivity contribution < 1.29 is 4.79 Å². The molecule has 45 heavy (non-hydrogen) atoms. The Labute approximate surface area is 281 Å². The fourth-order valence-electron chi connectivity index (χ4n) is 6.00. The van der Waals surface area contributed by atoms with Gasteiger partial charge in [-0.2, -0.15) is 0 Å². The summed E-state index contributed by atoms with van der Waals surface area (Å²) in [6.45, 7) is 8.00. The van der Waals surface area contributed by atoms with Crippen LogP contribution >= 0.6 is 0 Å². The van der Waals surface area contributed by atoms with E-state index in [0.29, 0.717) is 0 Å². The maximum Gasteiger partial charge on any atom is 0.244 e. The highest BCUT2D eigenvalue weighted by Crippen LogP contribution is 2.13. The van der Waals surface area contributed by atoms with Crippen molar-refractivity contribution in [2.45, 2.75) is 207 Å². The first-order valence-electron chi connectivity index (χ1n) is 19.7. The topological polar surface area (TPSA) is 82.2 Å². The highest BCUT2D eigenvalue weighted by Gasteiger charge is 2.20. The molecule has 0 bridgehead atoms. The lowest BCUT2D eigenvalue weighted by Crippen LogP contribution is -2.49. The van der Waals surface area contributed by atoms with Gasteiger partial charge in [0.1, 0.15) is 6.04 Å². The first kappa shape index (κ1) is 43.2. The van der Waals surface area contributed by atoms with Crippen LogP contribution in [0.3, 0.4) is 0 Å². The normalized spacial score (nSPS) is 12.3. The van der Waals surface area contributed by atoms with E-state index >= 15 is 0 Å². The highest BCUT2D eigenvalue weighted by molar-refractivity contribution is 5.86. The summed E-state index contributed by atoms with van der Waals surface area (Å²) in [4.78, 5) is 15.1. The molecule has 0 saturated heterocycles. The van der Waals surface area contributed by atoms with Gasteiger partial charge in [-0.3, -0.25) is 10.2 Å². The predicted octanol–water partition coefficient (Wildman–Crippen LogP) is 11.8. The number of hydrogen-bond acceptors (Lipinski definition) is 2. The van der Waals surface area contributed by atoms with Gasteiger partial charge in [0.05, 0.1) is 0 Å². The molecule has 0 aromatic heterocycles. The third-order valence-corrected chi connectivity index (χ3v) is 8.93. The molecule has 1 atom stereocenters. The van der Waals surface area contributed by atoms with Gasteiger partial charge in [-0.05, 0) is 71.1 Å². The molecular formula is C40H78N4O. The van der Waals surface area contributed by atoms with Crippen molar-refractivity contribution in [1.82, 2.24) is 10.2 Å². The van der Waals surface area contributed by atoms with Crippen LogP contribution in [-0.4, -0.2) is 35.9 Å². The monoisotopic (exact) mass is 631 g/mol. The third-order valence-electron chi connectivity index (χ3n) is 8.93. The van der Waals surface area contributed by atoms with Gasteiger partial charge in [0.25, 0.3) is 0 Å². The second-order valence-electron chi connectivity index (χ2n) is 13.5. The molecule has 0 aliphatic rings. The zero-order valence-corrected chi connectivity index (χ0v) is 30.5. The minimum Gasteiger partial charge on any atom is -0.370 e. The number of nitrogens with zero attached hydrogens (tertiary/aromatic N) is 1. The van der Waals surface area contributed by atoms with Crippen molar-refractivity contribution in [3.63, 3.8) is 0 Å². The summed E-state index contributed by atoms with van der Waals surface area (Å²) in [7, 11) is 0. The van der Waals surface area contributed by atoms with Crippen molar-refractivity contribution in [3.8, 4) is 0 Å². The Morgan fingerprint density at radius 2 is 0.844 bits per heavy atom. The van der Waals surface area contributed by atoms with Crippen LogP contribution in [0.25, 0.3) is 0 Å². The Morgan fingerprint density at radius 3 is 1.16 bits per heavy atom. The lowest BCUT2D eigenvalue weighted by molar-refractivity contribution is -0.132. The third kappa shape index (κ3) is 32.0. The van der Waals surface area contributed by atoms with E-state index in [4.69, 9.17) is 11.1 Å². The summed E-state index contributed by atoms with van der Waals surface area (Å²) in [6.07, 6.45) is 45.8. The van der Waals surface area contributed by atoms with Crippen LogP contribution in [0.1, 0.15) is 201 Å². The molecule has 0 radical (unpaired) electrons. The summed E-state index contributed by atoms with van der Waals surface area (Å²) in [5.74, 6) is -0.0593. The molecule has 0 aliphatic carbocycles. The molecular weight excluding hydrogens is 552 g/mol. The minimum absolute atomic E-state index is 0.0747. The van der Waals surface area contributed by atoms with Crippen molar-refractivity contribution >= 4 is 11.9 Å². The van der Waals surface area contributed by atoms with Crippen LogP contribution in [0.5, 0.6) is 0 Å². The highest BCUT2D eigenvalue weighted by atomic mass is 16.2. The van der Waals surface area contributed by atoms with Gasteiger partial charge in [-0.15, -0.1) is 0 Å². The Bertz CT molecular complexity index is 662. The molecule has 1 unspecified atom stereocenters. The molecule has 5 nitrogen and oxygen atoms in total. The van der Waals surface area contributed by atoms with Crippen LogP contribution in [0, 0.1) is 5.41 Å². The smallest absolute Gasteiger partial charge is 0.244 e. The second kappa shape index (κ2) is 35.1. The number of carbonyl (C=O) groups is 1. The molecule has 0 aliphatic heterocycles. The number of carbonyl (C=O) groups excluding carboxylic acids is 1. The average molecular weight is 631 g/mol. The standard InChI is InChI=1S/C40H78N4O/c1-4-6-8-10-12-14-16-18-20-22-24-26-28-30-32-34-36-44(39(45)38(3)43-40(41)42)37-35-33-31-29-27-25-23-21-19-17-15-13-11-9-7-5-2/h18-21,38H,4-17,22-37H2,1-3H3,(H4,41,42,43).